The van der Waals surface area contributed by atoms with Crippen LogP contribution in [0.15, 0.2) is 54.6 Å². The van der Waals surface area contributed by atoms with Gasteiger partial charge in [0.2, 0.25) is 0 Å². The average Bonchev–Trinajstić information content (AvgIpc) is 2.61. The Labute approximate surface area is 140 Å². The number of para-hydroxylation sites is 1. The van der Waals surface area contributed by atoms with Crippen molar-refractivity contribution >= 4 is 22.7 Å². The fourth-order valence-electron chi connectivity index (χ4n) is 2.37. The topological polar surface area (TPSA) is 60.5 Å². The summed E-state index contributed by atoms with van der Waals surface area (Å²) in [6, 6.07) is 17.4. The van der Waals surface area contributed by atoms with Gasteiger partial charge in [0.25, 0.3) is 0 Å². The fraction of sp³-hybridized carbons (Fsp3) is 0.158. The van der Waals surface area contributed by atoms with Crippen LogP contribution in [0.5, 0.6) is 5.75 Å². The smallest absolute Gasteiger partial charge is 0.411 e. The number of anilines is 1. The first kappa shape index (κ1) is 15.8. The lowest BCUT2D eigenvalue weighted by Crippen LogP contribution is -2.11. The highest BCUT2D eigenvalue weighted by molar-refractivity contribution is 5.85. The molecule has 1 aromatic heterocycles. The van der Waals surface area contributed by atoms with Crippen LogP contribution in [0.1, 0.15) is 11.3 Å². The number of methoxy groups -OCH3 is 1. The Hall–Kier alpha value is -3.08. The van der Waals surface area contributed by atoms with E-state index in [1.54, 1.807) is 12.1 Å². The Balaban J connectivity index is 1.69. The zero-order valence-electron chi connectivity index (χ0n) is 13.6. The Bertz CT molecular complexity index is 877. The van der Waals surface area contributed by atoms with E-state index in [1.165, 1.54) is 7.11 Å². The molecule has 0 bridgehead atoms. The van der Waals surface area contributed by atoms with Gasteiger partial charge in [-0.2, -0.15) is 0 Å². The van der Waals surface area contributed by atoms with Crippen molar-refractivity contribution in [3.63, 3.8) is 0 Å². The molecule has 0 aliphatic heterocycles. The standard InChI is InChI=1S/C19H18N2O3/c1-13-11-16(9-10-17(13)21-19(22)23-2)24-12-15-8-7-14-5-3-4-6-18(14)20-15/h3-11H,12H2,1-2H3,(H,21,22). The van der Waals surface area contributed by atoms with Gasteiger partial charge in [0.1, 0.15) is 12.4 Å². The summed E-state index contributed by atoms with van der Waals surface area (Å²) < 4.78 is 10.4. The maximum Gasteiger partial charge on any atom is 0.411 e. The number of aryl methyl sites for hydroxylation is 1. The van der Waals surface area contributed by atoms with Crippen LogP contribution in [0.3, 0.4) is 0 Å². The summed E-state index contributed by atoms with van der Waals surface area (Å²) in [7, 11) is 1.33. The predicted octanol–water partition coefficient (Wildman–Crippen LogP) is 4.30. The maximum atomic E-state index is 11.3. The van der Waals surface area contributed by atoms with E-state index in [2.05, 4.69) is 15.0 Å². The number of pyridine rings is 1. The summed E-state index contributed by atoms with van der Waals surface area (Å²) in [5.74, 6) is 0.720. The zero-order chi connectivity index (χ0) is 16.9. The molecule has 1 amide bonds. The van der Waals surface area contributed by atoms with Gasteiger partial charge >= 0.3 is 6.09 Å². The summed E-state index contributed by atoms with van der Waals surface area (Å²) in [6.07, 6.45) is -0.493. The monoisotopic (exact) mass is 322 g/mol. The normalized spacial score (nSPS) is 10.4. The third-order valence-electron chi connectivity index (χ3n) is 3.66. The number of carbonyl (C=O) groups is 1. The molecular formula is C19H18N2O3. The number of nitrogens with zero attached hydrogens (tertiary/aromatic N) is 1. The molecule has 3 aromatic rings. The summed E-state index contributed by atoms with van der Waals surface area (Å²) >= 11 is 0. The van der Waals surface area contributed by atoms with Crippen LogP contribution in [0, 0.1) is 6.92 Å². The number of benzene rings is 2. The third kappa shape index (κ3) is 3.63. The molecular weight excluding hydrogens is 304 g/mol. The van der Waals surface area contributed by atoms with E-state index in [1.807, 2.05) is 49.4 Å². The molecule has 5 nitrogen and oxygen atoms in total. The lowest BCUT2D eigenvalue weighted by molar-refractivity contribution is 0.187. The second-order valence-corrected chi connectivity index (χ2v) is 5.38. The minimum atomic E-state index is -0.493. The molecule has 0 saturated carbocycles. The number of hydrogen-bond acceptors (Lipinski definition) is 4. The molecule has 0 unspecified atom stereocenters. The Morgan fingerprint density at radius 1 is 1.12 bits per heavy atom. The van der Waals surface area contributed by atoms with Crippen molar-refractivity contribution in [1.29, 1.82) is 0 Å². The second-order valence-electron chi connectivity index (χ2n) is 5.38. The van der Waals surface area contributed by atoms with Gasteiger partial charge in [-0.05, 0) is 42.8 Å². The van der Waals surface area contributed by atoms with E-state index < -0.39 is 6.09 Å². The van der Waals surface area contributed by atoms with Crippen LogP contribution in [0.25, 0.3) is 10.9 Å². The highest BCUT2D eigenvalue weighted by atomic mass is 16.5. The first-order valence-corrected chi connectivity index (χ1v) is 7.59. The number of fused-ring (bicyclic) bond motifs is 1. The van der Waals surface area contributed by atoms with Crippen LogP contribution in [-0.2, 0) is 11.3 Å². The van der Waals surface area contributed by atoms with Crippen LogP contribution in [-0.4, -0.2) is 18.2 Å². The number of rotatable bonds is 4. The van der Waals surface area contributed by atoms with Gasteiger partial charge in [0.05, 0.1) is 18.3 Å². The van der Waals surface area contributed by atoms with Crippen LogP contribution >= 0.6 is 0 Å². The van der Waals surface area contributed by atoms with E-state index in [0.717, 1.165) is 27.9 Å². The molecule has 0 fully saturated rings. The van der Waals surface area contributed by atoms with Crippen molar-refractivity contribution in [3.05, 3.63) is 65.9 Å². The van der Waals surface area contributed by atoms with Gasteiger partial charge in [0, 0.05) is 11.1 Å². The zero-order valence-corrected chi connectivity index (χ0v) is 13.6. The molecule has 5 heteroatoms. The second kappa shape index (κ2) is 7.00. The molecule has 0 aliphatic rings. The fourth-order valence-corrected chi connectivity index (χ4v) is 2.37. The Kier molecular flexibility index (Phi) is 4.61. The van der Waals surface area contributed by atoms with Gasteiger partial charge < -0.3 is 9.47 Å². The molecule has 2 aromatic carbocycles. The van der Waals surface area contributed by atoms with E-state index >= 15 is 0 Å². The summed E-state index contributed by atoms with van der Waals surface area (Å²) in [6.45, 7) is 2.28. The Morgan fingerprint density at radius 2 is 1.96 bits per heavy atom. The SMILES string of the molecule is COC(=O)Nc1ccc(OCc2ccc3ccccc3n2)cc1C. The minimum absolute atomic E-state index is 0.383. The molecule has 0 radical (unpaired) electrons. The highest BCUT2D eigenvalue weighted by Gasteiger charge is 2.06. The first-order valence-electron chi connectivity index (χ1n) is 7.59. The number of carbonyl (C=O) groups excluding carboxylic acids is 1. The van der Waals surface area contributed by atoms with Gasteiger partial charge in [-0.25, -0.2) is 9.78 Å². The molecule has 0 saturated heterocycles. The molecule has 122 valence electrons. The third-order valence-corrected chi connectivity index (χ3v) is 3.66. The Morgan fingerprint density at radius 3 is 2.75 bits per heavy atom. The summed E-state index contributed by atoms with van der Waals surface area (Å²) in [5, 5.41) is 3.76. The van der Waals surface area contributed by atoms with E-state index in [9.17, 15) is 4.79 Å². The summed E-state index contributed by atoms with van der Waals surface area (Å²) in [4.78, 5) is 15.8. The lowest BCUT2D eigenvalue weighted by Gasteiger charge is -2.11. The van der Waals surface area contributed by atoms with Crippen molar-refractivity contribution in [2.45, 2.75) is 13.5 Å². The molecule has 3 rings (SSSR count). The van der Waals surface area contributed by atoms with Crippen molar-refractivity contribution in [2.75, 3.05) is 12.4 Å². The average molecular weight is 322 g/mol. The van der Waals surface area contributed by atoms with Crippen LogP contribution in [0.2, 0.25) is 0 Å². The van der Waals surface area contributed by atoms with E-state index in [4.69, 9.17) is 4.74 Å². The first-order chi connectivity index (χ1) is 11.7. The number of ether oxygens (including phenoxy) is 2. The number of nitrogens with one attached hydrogen (secondary N) is 1. The number of aromatic nitrogens is 1. The highest BCUT2D eigenvalue weighted by Crippen LogP contribution is 2.22. The maximum absolute atomic E-state index is 11.3. The predicted molar refractivity (Wildman–Crippen MR) is 93.3 cm³/mol. The molecule has 24 heavy (non-hydrogen) atoms. The van der Waals surface area contributed by atoms with Gasteiger partial charge in [-0.15, -0.1) is 0 Å². The van der Waals surface area contributed by atoms with E-state index in [0.29, 0.717) is 12.3 Å². The van der Waals surface area contributed by atoms with Crippen molar-refractivity contribution in [1.82, 2.24) is 4.98 Å². The van der Waals surface area contributed by atoms with Crippen molar-refractivity contribution in [3.8, 4) is 5.75 Å². The molecule has 0 aliphatic carbocycles. The summed E-state index contributed by atoms with van der Waals surface area (Å²) in [5.41, 5.74) is 3.40. The largest absolute Gasteiger partial charge is 0.487 e. The quantitative estimate of drug-likeness (QED) is 0.778. The van der Waals surface area contributed by atoms with Crippen molar-refractivity contribution < 1.29 is 14.3 Å². The molecule has 1 N–H and O–H groups in total. The van der Waals surface area contributed by atoms with Gasteiger partial charge in [-0.1, -0.05) is 24.3 Å². The van der Waals surface area contributed by atoms with Gasteiger partial charge in [0.15, 0.2) is 0 Å². The molecule has 0 spiro atoms. The number of amides is 1. The molecule has 1 heterocycles. The number of hydrogen-bond donors (Lipinski definition) is 1. The molecule has 0 atom stereocenters. The van der Waals surface area contributed by atoms with Crippen molar-refractivity contribution in [2.24, 2.45) is 0 Å². The van der Waals surface area contributed by atoms with E-state index in [-0.39, 0.29) is 0 Å². The van der Waals surface area contributed by atoms with Gasteiger partial charge in [-0.3, -0.25) is 5.32 Å². The minimum Gasteiger partial charge on any atom is -0.487 e. The van der Waals surface area contributed by atoms with Crippen LogP contribution in [0.4, 0.5) is 10.5 Å². The lowest BCUT2D eigenvalue weighted by atomic mass is 10.2. The van der Waals surface area contributed by atoms with Crippen LogP contribution < -0.4 is 10.1 Å².